The minimum absolute atomic E-state index is 0.0301. The third-order valence-electron chi connectivity index (χ3n) is 5.08. The molecule has 4 rings (SSSR count). The fourth-order valence-electron chi connectivity index (χ4n) is 3.90. The molecular formula is C23H18F2N2O. The summed E-state index contributed by atoms with van der Waals surface area (Å²) in [6.07, 6.45) is 4.20. The molecule has 0 fully saturated rings. The highest BCUT2D eigenvalue weighted by molar-refractivity contribution is 5.62. The van der Waals surface area contributed by atoms with Crippen LogP contribution in [0.1, 0.15) is 36.3 Å². The van der Waals surface area contributed by atoms with Crippen LogP contribution < -0.4 is 5.73 Å². The van der Waals surface area contributed by atoms with Crippen LogP contribution in [0.2, 0.25) is 0 Å². The van der Waals surface area contributed by atoms with Crippen molar-refractivity contribution in [1.82, 2.24) is 0 Å². The number of rotatable bonds is 2. The van der Waals surface area contributed by atoms with Crippen molar-refractivity contribution in [3.63, 3.8) is 0 Å². The van der Waals surface area contributed by atoms with Gasteiger partial charge in [-0.05, 0) is 71.9 Å². The Hall–Kier alpha value is -3.39. The van der Waals surface area contributed by atoms with Crippen molar-refractivity contribution in [2.45, 2.75) is 25.2 Å². The molecule has 5 heteroatoms. The number of hydrogen-bond donors (Lipinski definition) is 1. The van der Waals surface area contributed by atoms with Crippen LogP contribution in [0.3, 0.4) is 0 Å². The second-order valence-electron chi connectivity index (χ2n) is 6.91. The van der Waals surface area contributed by atoms with E-state index >= 15 is 0 Å². The van der Waals surface area contributed by atoms with Gasteiger partial charge >= 0.3 is 0 Å². The van der Waals surface area contributed by atoms with E-state index in [4.69, 9.17) is 10.5 Å². The van der Waals surface area contributed by atoms with Gasteiger partial charge in [0.05, 0.1) is 0 Å². The Labute approximate surface area is 162 Å². The summed E-state index contributed by atoms with van der Waals surface area (Å²) < 4.78 is 33.3. The normalized spacial score (nSPS) is 20.6. The molecule has 1 aliphatic heterocycles. The van der Waals surface area contributed by atoms with Crippen molar-refractivity contribution < 1.29 is 13.5 Å². The summed E-state index contributed by atoms with van der Waals surface area (Å²) >= 11 is 0. The molecule has 2 aromatic carbocycles. The molecule has 0 radical (unpaired) electrons. The fraction of sp³-hybridized carbons (Fsp3) is 0.174. The maximum Gasteiger partial charge on any atom is 0.205 e. The van der Waals surface area contributed by atoms with Crippen molar-refractivity contribution in [3.8, 4) is 6.07 Å². The standard InChI is InChI=1S/C23H18F2N2O/c24-17-7-1-4-14(11-17)10-16-6-3-9-19-21(15-5-2-8-18(25)12-15)20(13-26)23(27)28-22(16)19/h1-2,4-5,7-8,10-12,21H,3,6,9,27H2/b16-10-. The first-order chi connectivity index (χ1) is 13.6. The maximum absolute atomic E-state index is 13.9. The predicted octanol–water partition coefficient (Wildman–Crippen LogP) is 5.29. The molecule has 28 heavy (non-hydrogen) atoms. The lowest BCUT2D eigenvalue weighted by molar-refractivity contribution is 0.277. The molecule has 0 saturated heterocycles. The van der Waals surface area contributed by atoms with Gasteiger partial charge < -0.3 is 10.5 Å². The zero-order chi connectivity index (χ0) is 19.7. The van der Waals surface area contributed by atoms with Crippen LogP contribution >= 0.6 is 0 Å². The van der Waals surface area contributed by atoms with Crippen LogP contribution in [0.4, 0.5) is 8.78 Å². The molecule has 1 heterocycles. The van der Waals surface area contributed by atoms with E-state index in [-0.39, 0.29) is 23.1 Å². The average molecular weight is 376 g/mol. The summed E-state index contributed by atoms with van der Waals surface area (Å²) in [5.41, 5.74) is 9.55. The molecule has 0 amide bonds. The van der Waals surface area contributed by atoms with E-state index in [2.05, 4.69) is 6.07 Å². The fourth-order valence-corrected chi connectivity index (χ4v) is 3.90. The topological polar surface area (TPSA) is 59.0 Å². The third kappa shape index (κ3) is 3.29. The molecule has 2 aromatic rings. The summed E-state index contributed by atoms with van der Waals surface area (Å²) in [4.78, 5) is 0. The van der Waals surface area contributed by atoms with Gasteiger partial charge in [0.1, 0.15) is 29.0 Å². The molecule has 1 unspecified atom stereocenters. The SMILES string of the molecule is N#CC1=C(N)OC2=C(CCC/C2=C/c2cccc(F)c2)C1c1cccc(F)c1. The zero-order valence-corrected chi connectivity index (χ0v) is 15.1. The van der Waals surface area contributed by atoms with Crippen molar-refractivity contribution in [1.29, 1.82) is 5.26 Å². The Bertz CT molecular complexity index is 1080. The van der Waals surface area contributed by atoms with E-state index in [0.717, 1.165) is 36.0 Å². The van der Waals surface area contributed by atoms with E-state index in [1.54, 1.807) is 18.2 Å². The van der Waals surface area contributed by atoms with Crippen LogP contribution in [-0.2, 0) is 4.74 Å². The number of nitrogens with zero attached hydrogens (tertiary/aromatic N) is 1. The molecule has 1 aliphatic carbocycles. The van der Waals surface area contributed by atoms with Crippen LogP contribution in [0.15, 0.2) is 76.9 Å². The first kappa shape index (κ1) is 18.0. The lowest BCUT2D eigenvalue weighted by Gasteiger charge is -2.33. The number of ether oxygens (including phenoxy) is 1. The molecule has 0 aromatic heterocycles. The highest BCUT2D eigenvalue weighted by atomic mass is 19.1. The first-order valence-electron chi connectivity index (χ1n) is 9.09. The Balaban J connectivity index is 1.85. The number of benzene rings is 2. The lowest BCUT2D eigenvalue weighted by Crippen LogP contribution is -2.23. The zero-order valence-electron chi connectivity index (χ0n) is 15.1. The quantitative estimate of drug-likeness (QED) is 0.774. The third-order valence-corrected chi connectivity index (χ3v) is 5.08. The van der Waals surface area contributed by atoms with Crippen LogP contribution in [0.5, 0.6) is 0 Å². The van der Waals surface area contributed by atoms with Gasteiger partial charge in [0.15, 0.2) is 0 Å². The van der Waals surface area contributed by atoms with Gasteiger partial charge in [-0.1, -0.05) is 24.3 Å². The molecule has 140 valence electrons. The highest BCUT2D eigenvalue weighted by Crippen LogP contribution is 2.46. The Kier molecular flexibility index (Phi) is 4.70. The van der Waals surface area contributed by atoms with E-state index in [1.165, 1.54) is 24.3 Å². The summed E-state index contributed by atoms with van der Waals surface area (Å²) in [6.45, 7) is 0. The summed E-state index contributed by atoms with van der Waals surface area (Å²) in [5, 5.41) is 9.64. The van der Waals surface area contributed by atoms with Crippen LogP contribution in [0.25, 0.3) is 6.08 Å². The van der Waals surface area contributed by atoms with Crippen molar-refractivity contribution in [2.24, 2.45) is 5.73 Å². The van der Waals surface area contributed by atoms with Crippen LogP contribution in [-0.4, -0.2) is 0 Å². The molecule has 0 spiro atoms. The largest absolute Gasteiger partial charge is 0.440 e. The van der Waals surface area contributed by atoms with E-state index in [1.807, 2.05) is 12.1 Å². The van der Waals surface area contributed by atoms with Gasteiger partial charge in [-0.3, -0.25) is 0 Å². The van der Waals surface area contributed by atoms with Crippen molar-refractivity contribution >= 4 is 6.08 Å². The number of halogens is 2. The molecule has 0 saturated carbocycles. The first-order valence-corrected chi connectivity index (χ1v) is 9.09. The Morgan fingerprint density at radius 2 is 1.82 bits per heavy atom. The highest BCUT2D eigenvalue weighted by Gasteiger charge is 2.35. The Morgan fingerprint density at radius 1 is 1.07 bits per heavy atom. The van der Waals surface area contributed by atoms with Gasteiger partial charge in [-0.25, -0.2) is 8.78 Å². The van der Waals surface area contributed by atoms with Crippen molar-refractivity contribution in [2.75, 3.05) is 0 Å². The van der Waals surface area contributed by atoms with Gasteiger partial charge in [0, 0.05) is 5.92 Å². The molecule has 2 aliphatic rings. The van der Waals surface area contributed by atoms with Gasteiger partial charge in [0.25, 0.3) is 0 Å². The number of nitrogens with two attached hydrogens (primary N) is 1. The smallest absolute Gasteiger partial charge is 0.205 e. The second kappa shape index (κ2) is 7.32. The van der Waals surface area contributed by atoms with Crippen molar-refractivity contribution in [3.05, 3.63) is 99.7 Å². The minimum atomic E-state index is -0.444. The van der Waals surface area contributed by atoms with E-state index in [0.29, 0.717) is 11.3 Å². The van der Waals surface area contributed by atoms with Gasteiger partial charge in [-0.15, -0.1) is 0 Å². The maximum atomic E-state index is 13.9. The van der Waals surface area contributed by atoms with Crippen LogP contribution in [0, 0.1) is 23.0 Å². The summed E-state index contributed by atoms with van der Waals surface area (Å²) in [6, 6.07) is 14.7. The second-order valence-corrected chi connectivity index (χ2v) is 6.91. The lowest BCUT2D eigenvalue weighted by atomic mass is 9.77. The number of nitriles is 1. The molecule has 3 nitrogen and oxygen atoms in total. The Morgan fingerprint density at radius 3 is 2.54 bits per heavy atom. The minimum Gasteiger partial charge on any atom is -0.440 e. The summed E-state index contributed by atoms with van der Waals surface area (Å²) in [5.74, 6) is -0.481. The average Bonchev–Trinajstić information content (AvgIpc) is 2.67. The molecule has 0 bridgehead atoms. The number of allylic oxidation sites excluding steroid dienone is 3. The predicted molar refractivity (Wildman–Crippen MR) is 102 cm³/mol. The van der Waals surface area contributed by atoms with E-state index < -0.39 is 5.92 Å². The van der Waals surface area contributed by atoms with Gasteiger partial charge in [-0.2, -0.15) is 5.26 Å². The molecule has 1 atom stereocenters. The molecular weight excluding hydrogens is 358 g/mol. The monoisotopic (exact) mass is 376 g/mol. The summed E-state index contributed by atoms with van der Waals surface area (Å²) in [7, 11) is 0. The number of hydrogen-bond acceptors (Lipinski definition) is 3. The van der Waals surface area contributed by atoms with Gasteiger partial charge in [0.2, 0.25) is 5.88 Å². The molecule has 2 N–H and O–H groups in total. The van der Waals surface area contributed by atoms with E-state index in [9.17, 15) is 14.0 Å².